The molecule has 0 bridgehead atoms. The highest BCUT2D eigenvalue weighted by atomic mass is 16.5. The summed E-state index contributed by atoms with van der Waals surface area (Å²) in [6.45, 7) is -0.181. The first-order valence-corrected chi connectivity index (χ1v) is 5.10. The molecule has 75 valence electrons. The van der Waals surface area contributed by atoms with Crippen LogP contribution in [0.5, 0.6) is 0 Å². The Hall–Kier alpha value is -0.570. The fourth-order valence-electron chi connectivity index (χ4n) is 1.64. The van der Waals surface area contributed by atoms with Crippen molar-refractivity contribution in [2.75, 3.05) is 6.61 Å². The van der Waals surface area contributed by atoms with Crippen LogP contribution in [0.2, 0.25) is 0 Å². The van der Waals surface area contributed by atoms with Gasteiger partial charge >= 0.3 is 5.97 Å². The van der Waals surface area contributed by atoms with Gasteiger partial charge in [-0.1, -0.05) is 6.42 Å². The van der Waals surface area contributed by atoms with Gasteiger partial charge in [-0.2, -0.15) is 0 Å². The first kappa shape index (κ1) is 10.5. The number of carbonyl (C=O) groups excluding carboxylic acids is 1. The molecule has 0 aromatic heterocycles. The van der Waals surface area contributed by atoms with Gasteiger partial charge in [-0.15, -0.1) is 0 Å². The fourth-order valence-corrected chi connectivity index (χ4v) is 1.64. The highest BCUT2D eigenvalue weighted by Gasteiger charge is 2.16. The predicted octanol–water partition coefficient (Wildman–Crippen LogP) is 2.07. The Balaban J connectivity index is 2.11. The Kier molecular flexibility index (Phi) is 4.83. The summed E-state index contributed by atoms with van der Waals surface area (Å²) in [5.74, 6) is -0.192. The quantitative estimate of drug-likeness (QED) is 0.629. The van der Waals surface area contributed by atoms with Crippen molar-refractivity contribution in [2.45, 2.75) is 51.0 Å². The predicted molar refractivity (Wildman–Crippen MR) is 47.8 cm³/mol. The highest BCUT2D eigenvalue weighted by molar-refractivity contribution is 5.69. The molecule has 1 fully saturated rings. The minimum Gasteiger partial charge on any atom is -0.462 e. The lowest BCUT2D eigenvalue weighted by atomic mass is 9.98. The van der Waals surface area contributed by atoms with E-state index in [1.54, 1.807) is 0 Å². The van der Waals surface area contributed by atoms with Crippen molar-refractivity contribution in [3.8, 4) is 0 Å². The van der Waals surface area contributed by atoms with Crippen LogP contribution in [0.25, 0.3) is 0 Å². The normalized spacial score (nSPS) is 18.5. The molecule has 0 aliphatic heterocycles. The Labute approximate surface area is 79.1 Å². The summed E-state index contributed by atoms with van der Waals surface area (Å²) in [6.07, 6.45) is 6.43. The summed E-state index contributed by atoms with van der Waals surface area (Å²) in [7, 11) is 0. The van der Waals surface area contributed by atoms with Crippen LogP contribution < -0.4 is 0 Å². The maximum absolute atomic E-state index is 11.1. The van der Waals surface area contributed by atoms with Gasteiger partial charge in [-0.05, 0) is 32.1 Å². The maximum atomic E-state index is 11.1. The average molecular weight is 185 g/mol. The Morgan fingerprint density at radius 3 is 2.54 bits per heavy atom. The van der Waals surface area contributed by atoms with Gasteiger partial charge in [-0.3, -0.25) is 4.79 Å². The summed E-state index contributed by atoms with van der Waals surface area (Å²) >= 11 is 0. The molecule has 3 nitrogen and oxygen atoms in total. The zero-order valence-corrected chi connectivity index (χ0v) is 7.96. The second kappa shape index (κ2) is 5.97. The van der Waals surface area contributed by atoms with Gasteiger partial charge in [0.05, 0.1) is 6.61 Å². The molecule has 0 aromatic rings. The van der Waals surface area contributed by atoms with E-state index in [0.717, 1.165) is 12.8 Å². The molecule has 0 atom stereocenters. The van der Waals surface area contributed by atoms with Gasteiger partial charge in [0.2, 0.25) is 0 Å². The average Bonchev–Trinajstić information content (AvgIpc) is 2.16. The molecule has 13 heavy (non-hydrogen) atoms. The van der Waals surface area contributed by atoms with Crippen LogP contribution in [0.1, 0.15) is 44.9 Å². The number of carbonyl (C=O) groups is 1. The molecule has 0 unspecified atom stereocenters. The Morgan fingerprint density at radius 2 is 1.92 bits per heavy atom. The molecule has 0 N–H and O–H groups in total. The molecule has 0 amide bonds. The molecule has 0 saturated heterocycles. The highest BCUT2D eigenvalue weighted by Crippen LogP contribution is 2.20. The molecule has 0 spiro atoms. The lowest BCUT2D eigenvalue weighted by Gasteiger charge is -2.21. The minimum absolute atomic E-state index is 0.132. The van der Waals surface area contributed by atoms with E-state index < -0.39 is 0 Å². The summed E-state index contributed by atoms with van der Waals surface area (Å²) in [4.78, 5) is 11.1. The van der Waals surface area contributed by atoms with Gasteiger partial charge in [0.1, 0.15) is 6.10 Å². The van der Waals surface area contributed by atoms with Crippen LogP contribution in [0, 0.1) is 0 Å². The van der Waals surface area contributed by atoms with E-state index in [0.29, 0.717) is 12.8 Å². The zero-order valence-electron chi connectivity index (χ0n) is 7.96. The largest absolute Gasteiger partial charge is 0.462 e. The van der Waals surface area contributed by atoms with E-state index in [2.05, 4.69) is 0 Å². The standard InChI is InChI=1S/C10H17O3/c11-8-4-7-10(12)13-9-5-2-1-3-6-9/h9H,1-8H2. The van der Waals surface area contributed by atoms with Crippen molar-refractivity contribution in [2.24, 2.45) is 0 Å². The van der Waals surface area contributed by atoms with E-state index in [4.69, 9.17) is 4.74 Å². The Bertz CT molecular complexity index is 150. The lowest BCUT2D eigenvalue weighted by molar-refractivity contribution is -0.150. The molecule has 1 rings (SSSR count). The molecule has 3 heteroatoms. The molecule has 1 aliphatic rings. The van der Waals surface area contributed by atoms with Gasteiger partial charge in [-0.25, -0.2) is 5.11 Å². The van der Waals surface area contributed by atoms with Crippen molar-refractivity contribution in [3.63, 3.8) is 0 Å². The monoisotopic (exact) mass is 185 g/mol. The van der Waals surface area contributed by atoms with Crippen LogP contribution in [0.15, 0.2) is 0 Å². The SMILES string of the molecule is [O]CCCC(=O)OC1CCCCC1. The number of rotatable bonds is 4. The lowest BCUT2D eigenvalue weighted by Crippen LogP contribution is -2.20. The van der Waals surface area contributed by atoms with Gasteiger partial charge < -0.3 is 4.74 Å². The van der Waals surface area contributed by atoms with Gasteiger partial charge in [0.25, 0.3) is 0 Å². The molecule has 1 saturated carbocycles. The van der Waals surface area contributed by atoms with Crippen LogP contribution in [0.3, 0.4) is 0 Å². The van der Waals surface area contributed by atoms with E-state index in [-0.39, 0.29) is 18.7 Å². The van der Waals surface area contributed by atoms with E-state index in [9.17, 15) is 9.90 Å². The number of esters is 1. The summed E-state index contributed by atoms with van der Waals surface area (Å²) in [6, 6.07) is 0. The molecular formula is C10H17O3. The molecule has 0 heterocycles. The topological polar surface area (TPSA) is 46.2 Å². The number of hydrogen-bond acceptors (Lipinski definition) is 2. The second-order valence-corrected chi connectivity index (χ2v) is 3.56. The summed E-state index contributed by atoms with van der Waals surface area (Å²) in [5.41, 5.74) is 0. The molecule has 1 aliphatic carbocycles. The third-order valence-electron chi connectivity index (χ3n) is 2.38. The van der Waals surface area contributed by atoms with Crippen molar-refractivity contribution < 1.29 is 14.6 Å². The van der Waals surface area contributed by atoms with Gasteiger partial charge in [0.15, 0.2) is 0 Å². The van der Waals surface area contributed by atoms with Gasteiger partial charge in [0, 0.05) is 6.42 Å². The third kappa shape index (κ3) is 4.27. The van der Waals surface area contributed by atoms with Crippen molar-refractivity contribution >= 4 is 5.97 Å². The maximum Gasteiger partial charge on any atom is 0.306 e. The first-order valence-electron chi connectivity index (χ1n) is 5.10. The fraction of sp³-hybridized carbons (Fsp3) is 0.900. The Morgan fingerprint density at radius 1 is 1.23 bits per heavy atom. The van der Waals surface area contributed by atoms with Crippen molar-refractivity contribution in [1.29, 1.82) is 0 Å². The zero-order chi connectivity index (χ0) is 9.52. The van der Waals surface area contributed by atoms with Crippen molar-refractivity contribution in [1.82, 2.24) is 0 Å². The first-order chi connectivity index (χ1) is 6.33. The van der Waals surface area contributed by atoms with E-state index in [1.807, 2.05) is 0 Å². The van der Waals surface area contributed by atoms with Crippen LogP contribution in [-0.4, -0.2) is 18.7 Å². The number of hydrogen-bond donors (Lipinski definition) is 0. The molecule has 0 aromatic carbocycles. The van der Waals surface area contributed by atoms with E-state index >= 15 is 0 Å². The third-order valence-corrected chi connectivity index (χ3v) is 2.38. The minimum atomic E-state index is -0.192. The summed E-state index contributed by atoms with van der Waals surface area (Å²) in [5, 5.41) is 10.1. The van der Waals surface area contributed by atoms with E-state index in [1.165, 1.54) is 19.3 Å². The van der Waals surface area contributed by atoms with Crippen LogP contribution >= 0.6 is 0 Å². The smallest absolute Gasteiger partial charge is 0.306 e. The van der Waals surface area contributed by atoms with Crippen molar-refractivity contribution in [3.05, 3.63) is 0 Å². The summed E-state index contributed by atoms with van der Waals surface area (Å²) < 4.78 is 5.22. The van der Waals surface area contributed by atoms with Crippen LogP contribution in [0.4, 0.5) is 0 Å². The molecule has 1 radical (unpaired) electrons. The number of ether oxygens (including phenoxy) is 1. The second-order valence-electron chi connectivity index (χ2n) is 3.56. The molecular weight excluding hydrogens is 168 g/mol. The van der Waals surface area contributed by atoms with Crippen LogP contribution in [-0.2, 0) is 14.6 Å².